The minimum absolute atomic E-state index is 0. The second kappa shape index (κ2) is 5.43. The van der Waals surface area contributed by atoms with Gasteiger partial charge in [-0.25, -0.2) is 4.98 Å². The zero-order valence-corrected chi connectivity index (χ0v) is 9.88. The summed E-state index contributed by atoms with van der Waals surface area (Å²) in [6, 6.07) is 3.69. The molecule has 0 saturated carbocycles. The maximum atomic E-state index is 10.7. The summed E-state index contributed by atoms with van der Waals surface area (Å²) in [5.74, 6) is 0.170. The summed E-state index contributed by atoms with van der Waals surface area (Å²) < 4.78 is 0.774. The topological polar surface area (TPSA) is 30.0 Å². The van der Waals surface area contributed by atoms with E-state index in [1.807, 2.05) is 12.1 Å². The van der Waals surface area contributed by atoms with Crippen LogP contribution < -0.4 is 0 Å². The maximum Gasteiger partial charge on any atom is 0.134 e. The number of nitrogens with zero attached hydrogens (tertiary/aromatic N) is 1. The van der Waals surface area contributed by atoms with E-state index in [1.54, 1.807) is 13.1 Å². The van der Waals surface area contributed by atoms with Gasteiger partial charge in [-0.05, 0) is 40.5 Å². The molecule has 2 nitrogen and oxygen atoms in total. The van der Waals surface area contributed by atoms with Crippen LogP contribution in [-0.2, 0) is 11.2 Å². The predicted octanol–water partition coefficient (Wildman–Crippen LogP) is 2.55. The minimum Gasteiger partial charge on any atom is -0.300 e. The first-order valence-corrected chi connectivity index (χ1v) is 4.07. The van der Waals surface area contributed by atoms with Crippen LogP contribution in [0.4, 0.5) is 0 Å². The van der Waals surface area contributed by atoms with Gasteiger partial charge in [-0.1, -0.05) is 0 Å². The smallest absolute Gasteiger partial charge is 0.134 e. The Morgan fingerprint density at radius 3 is 2.83 bits per heavy atom. The first kappa shape index (κ1) is 11.8. The number of rotatable bonds is 2. The second-order valence-corrected chi connectivity index (χ2v) is 3.18. The van der Waals surface area contributed by atoms with E-state index in [2.05, 4.69) is 20.9 Å². The molecule has 0 aliphatic heterocycles. The molecule has 0 fully saturated rings. The lowest BCUT2D eigenvalue weighted by molar-refractivity contribution is -0.116. The lowest BCUT2D eigenvalue weighted by Crippen LogP contribution is -1.95. The average Bonchev–Trinajstić information content (AvgIpc) is 1.85. The van der Waals surface area contributed by atoms with Crippen molar-refractivity contribution in [3.63, 3.8) is 0 Å². The fraction of sp³-hybridized carbons (Fsp3) is 0.250. The Labute approximate surface area is 90.3 Å². The van der Waals surface area contributed by atoms with Gasteiger partial charge < -0.3 is 0 Å². The summed E-state index contributed by atoms with van der Waals surface area (Å²) in [7, 11) is 0. The summed E-state index contributed by atoms with van der Waals surface area (Å²) >= 11 is 3.23. The molecule has 0 spiro atoms. The van der Waals surface area contributed by atoms with E-state index in [4.69, 9.17) is 0 Å². The van der Waals surface area contributed by atoms with Gasteiger partial charge in [-0.2, -0.15) is 0 Å². The third kappa shape index (κ3) is 3.97. The fourth-order valence-corrected chi connectivity index (χ4v) is 1.25. The Morgan fingerprint density at radius 2 is 2.33 bits per heavy atom. The molecule has 66 valence electrons. The zero-order valence-electron chi connectivity index (χ0n) is 6.58. The number of Topliss-reactive ketones (excluding diaryl/α,β-unsaturated/α-hetero) is 1. The number of hydrogen-bond donors (Lipinski definition) is 0. The van der Waals surface area contributed by atoms with E-state index >= 15 is 0 Å². The number of carbonyl (C=O) groups excluding carboxylic acids is 1. The molecule has 1 aromatic rings. The normalized spacial score (nSPS) is 8.83. The van der Waals surface area contributed by atoms with Gasteiger partial charge in [0.15, 0.2) is 0 Å². The monoisotopic (exact) mass is 293 g/mol. The van der Waals surface area contributed by atoms with Crippen LogP contribution in [0, 0.1) is 0 Å². The number of halogens is 2. The van der Waals surface area contributed by atoms with Gasteiger partial charge in [0.25, 0.3) is 0 Å². The molecule has 1 aromatic heterocycles. The van der Waals surface area contributed by atoms with Crippen molar-refractivity contribution in [2.45, 2.75) is 13.3 Å². The molecule has 0 bridgehead atoms. The van der Waals surface area contributed by atoms with Crippen LogP contribution in [0.3, 0.4) is 0 Å². The van der Waals surface area contributed by atoms with Crippen molar-refractivity contribution in [1.29, 1.82) is 0 Å². The van der Waals surface area contributed by atoms with E-state index < -0.39 is 0 Å². The van der Waals surface area contributed by atoms with Crippen LogP contribution in [0.15, 0.2) is 22.9 Å². The van der Waals surface area contributed by atoms with Crippen molar-refractivity contribution >= 4 is 38.7 Å². The molecular formula is C8H9Br2NO. The third-order valence-electron chi connectivity index (χ3n) is 1.24. The first-order valence-electron chi connectivity index (χ1n) is 3.28. The number of aromatic nitrogens is 1. The molecule has 0 aliphatic rings. The van der Waals surface area contributed by atoms with Gasteiger partial charge >= 0.3 is 0 Å². The summed E-state index contributed by atoms with van der Waals surface area (Å²) in [4.78, 5) is 14.6. The highest BCUT2D eigenvalue weighted by molar-refractivity contribution is 9.10. The van der Waals surface area contributed by atoms with E-state index in [0.717, 1.165) is 10.2 Å². The molecule has 0 amide bonds. The minimum atomic E-state index is 0. The third-order valence-corrected chi connectivity index (χ3v) is 1.68. The fourth-order valence-electron chi connectivity index (χ4n) is 0.840. The molecule has 0 aromatic carbocycles. The number of hydrogen-bond acceptors (Lipinski definition) is 2. The molecule has 0 atom stereocenters. The maximum absolute atomic E-state index is 10.7. The Balaban J connectivity index is 0.00000121. The summed E-state index contributed by atoms with van der Waals surface area (Å²) in [6.45, 7) is 1.58. The summed E-state index contributed by atoms with van der Waals surface area (Å²) in [5.41, 5.74) is 0.999. The van der Waals surface area contributed by atoms with Gasteiger partial charge in [0.1, 0.15) is 10.4 Å². The number of ketones is 1. The first-order chi connectivity index (χ1) is 5.18. The van der Waals surface area contributed by atoms with Gasteiger partial charge in [-0.3, -0.25) is 4.79 Å². The standard InChI is InChI=1S/C8H8BrNO.BrH/c1-6(11)4-7-2-3-10-8(9)5-7;/h2-3,5H,4H2,1H3;1H. The van der Waals surface area contributed by atoms with Gasteiger partial charge in [-0.15, -0.1) is 17.0 Å². The van der Waals surface area contributed by atoms with Crippen LogP contribution in [0.25, 0.3) is 0 Å². The highest BCUT2D eigenvalue weighted by Crippen LogP contribution is 2.08. The van der Waals surface area contributed by atoms with E-state index in [9.17, 15) is 4.79 Å². The predicted molar refractivity (Wildman–Crippen MR) is 56.6 cm³/mol. The van der Waals surface area contributed by atoms with Crippen molar-refractivity contribution < 1.29 is 4.79 Å². The van der Waals surface area contributed by atoms with E-state index in [0.29, 0.717) is 6.42 Å². The average molecular weight is 295 g/mol. The van der Waals surface area contributed by atoms with Gasteiger partial charge in [0.2, 0.25) is 0 Å². The number of carbonyl (C=O) groups is 1. The Kier molecular flexibility index (Phi) is 5.33. The lowest BCUT2D eigenvalue weighted by atomic mass is 10.1. The molecule has 1 heterocycles. The van der Waals surface area contributed by atoms with Crippen LogP contribution in [-0.4, -0.2) is 10.8 Å². The highest BCUT2D eigenvalue weighted by atomic mass is 79.9. The van der Waals surface area contributed by atoms with Gasteiger partial charge in [0.05, 0.1) is 0 Å². The van der Waals surface area contributed by atoms with E-state index in [-0.39, 0.29) is 22.8 Å². The molecule has 0 N–H and O–H groups in total. The Morgan fingerprint density at radius 1 is 1.67 bits per heavy atom. The Bertz CT molecular complexity index is 276. The highest BCUT2D eigenvalue weighted by Gasteiger charge is 1.97. The molecule has 0 aliphatic carbocycles. The number of pyridine rings is 1. The molecule has 0 saturated heterocycles. The molecule has 12 heavy (non-hydrogen) atoms. The van der Waals surface area contributed by atoms with E-state index in [1.165, 1.54) is 0 Å². The van der Waals surface area contributed by atoms with Crippen molar-refractivity contribution in [2.24, 2.45) is 0 Å². The van der Waals surface area contributed by atoms with Crippen molar-refractivity contribution in [1.82, 2.24) is 4.98 Å². The largest absolute Gasteiger partial charge is 0.300 e. The molecule has 4 heteroatoms. The van der Waals surface area contributed by atoms with Crippen molar-refractivity contribution in [3.8, 4) is 0 Å². The zero-order chi connectivity index (χ0) is 8.27. The molecular weight excluding hydrogens is 286 g/mol. The van der Waals surface area contributed by atoms with Crippen LogP contribution in [0.2, 0.25) is 0 Å². The van der Waals surface area contributed by atoms with Gasteiger partial charge in [0, 0.05) is 12.6 Å². The second-order valence-electron chi connectivity index (χ2n) is 2.37. The van der Waals surface area contributed by atoms with Crippen LogP contribution in [0.1, 0.15) is 12.5 Å². The Hall–Kier alpha value is -0.220. The van der Waals surface area contributed by atoms with Crippen molar-refractivity contribution in [3.05, 3.63) is 28.5 Å². The summed E-state index contributed by atoms with van der Waals surface area (Å²) in [5, 5.41) is 0. The molecule has 0 unspecified atom stereocenters. The summed E-state index contributed by atoms with van der Waals surface area (Å²) in [6.07, 6.45) is 2.17. The lowest BCUT2D eigenvalue weighted by Gasteiger charge is -1.96. The SMILES string of the molecule is Br.CC(=O)Cc1ccnc(Br)c1. The molecule has 0 radical (unpaired) electrons. The van der Waals surface area contributed by atoms with Crippen LogP contribution >= 0.6 is 32.9 Å². The molecule has 1 rings (SSSR count). The van der Waals surface area contributed by atoms with Crippen LogP contribution in [0.5, 0.6) is 0 Å². The van der Waals surface area contributed by atoms with Crippen molar-refractivity contribution in [2.75, 3.05) is 0 Å². The quantitative estimate of drug-likeness (QED) is 0.785.